The van der Waals surface area contributed by atoms with Crippen molar-refractivity contribution in [3.8, 4) is 0 Å². The summed E-state index contributed by atoms with van der Waals surface area (Å²) in [5, 5.41) is 11.1. The van der Waals surface area contributed by atoms with Gasteiger partial charge in [-0.2, -0.15) is 4.99 Å². The maximum Gasteiger partial charge on any atom is 0.409 e. The van der Waals surface area contributed by atoms with Crippen molar-refractivity contribution >= 4 is 62.9 Å². The number of rotatable bonds is 9. The number of nitro groups is 1. The minimum absolute atomic E-state index is 0.0671. The summed E-state index contributed by atoms with van der Waals surface area (Å²) in [7, 11) is 0. The Balaban J connectivity index is 1.64. The second-order valence-electron chi connectivity index (χ2n) is 7.75. The Kier molecular flexibility index (Phi) is 10.0. The SMILES string of the molecule is CCOC(=O)Cn1c(=NC(=O)CSCC(=O)N2CCN(C(=O)OCC)CC2)sc2cc([N+](=O)[O-])ccc21. The molecule has 1 aromatic carbocycles. The van der Waals surface area contributed by atoms with Crippen molar-refractivity contribution in [2.45, 2.75) is 20.4 Å². The van der Waals surface area contributed by atoms with E-state index in [1.54, 1.807) is 23.6 Å². The molecule has 0 saturated carbocycles. The molecule has 13 nitrogen and oxygen atoms in total. The molecule has 1 aliphatic rings. The van der Waals surface area contributed by atoms with Gasteiger partial charge in [-0.05, 0) is 19.9 Å². The van der Waals surface area contributed by atoms with Crippen molar-refractivity contribution in [3.05, 3.63) is 33.1 Å². The first-order valence-electron chi connectivity index (χ1n) is 11.5. The number of carbonyl (C=O) groups is 4. The van der Waals surface area contributed by atoms with Crippen LogP contribution in [0.3, 0.4) is 0 Å². The number of thioether (sulfide) groups is 1. The van der Waals surface area contributed by atoms with E-state index in [2.05, 4.69) is 4.99 Å². The largest absolute Gasteiger partial charge is 0.465 e. The highest BCUT2D eigenvalue weighted by Gasteiger charge is 2.24. The summed E-state index contributed by atoms with van der Waals surface area (Å²) in [6.07, 6.45) is -0.396. The first-order chi connectivity index (χ1) is 17.7. The van der Waals surface area contributed by atoms with E-state index in [-0.39, 0.29) is 47.7 Å². The van der Waals surface area contributed by atoms with Gasteiger partial charge in [-0.3, -0.25) is 24.5 Å². The van der Waals surface area contributed by atoms with E-state index in [9.17, 15) is 29.3 Å². The summed E-state index contributed by atoms with van der Waals surface area (Å²) >= 11 is 2.16. The van der Waals surface area contributed by atoms with Gasteiger partial charge in [0.1, 0.15) is 6.54 Å². The Morgan fingerprint density at radius 1 is 1.05 bits per heavy atom. The maximum absolute atomic E-state index is 12.6. The van der Waals surface area contributed by atoms with Crippen molar-refractivity contribution in [1.82, 2.24) is 14.4 Å². The summed E-state index contributed by atoms with van der Waals surface area (Å²) < 4.78 is 12.0. The monoisotopic (exact) mass is 553 g/mol. The topological polar surface area (TPSA) is 154 Å². The number of aromatic nitrogens is 1. The fourth-order valence-corrected chi connectivity index (χ4v) is 5.34. The van der Waals surface area contributed by atoms with Crippen LogP contribution in [0.5, 0.6) is 0 Å². The van der Waals surface area contributed by atoms with Crippen LogP contribution < -0.4 is 4.80 Å². The van der Waals surface area contributed by atoms with Gasteiger partial charge in [0.15, 0.2) is 4.80 Å². The zero-order chi connectivity index (χ0) is 26.9. The van der Waals surface area contributed by atoms with Crippen LogP contribution in [0.2, 0.25) is 0 Å². The van der Waals surface area contributed by atoms with Gasteiger partial charge in [-0.25, -0.2) is 4.79 Å². The highest BCUT2D eigenvalue weighted by molar-refractivity contribution is 8.00. The Morgan fingerprint density at radius 2 is 1.73 bits per heavy atom. The Labute approximate surface area is 220 Å². The van der Waals surface area contributed by atoms with Crippen LogP contribution in [0, 0.1) is 10.1 Å². The minimum Gasteiger partial charge on any atom is -0.465 e. The van der Waals surface area contributed by atoms with Gasteiger partial charge >= 0.3 is 12.1 Å². The third-order valence-electron chi connectivity index (χ3n) is 5.30. The van der Waals surface area contributed by atoms with Crippen LogP contribution in [0.1, 0.15) is 13.8 Å². The molecule has 1 aromatic heterocycles. The summed E-state index contributed by atoms with van der Waals surface area (Å²) in [6, 6.07) is 4.18. The van der Waals surface area contributed by atoms with Crippen molar-refractivity contribution < 1.29 is 33.6 Å². The molecule has 0 spiro atoms. The maximum atomic E-state index is 12.6. The molecule has 0 unspecified atom stereocenters. The van der Waals surface area contributed by atoms with Crippen LogP contribution in [0.25, 0.3) is 10.2 Å². The molecule has 0 aliphatic carbocycles. The quantitative estimate of drug-likeness (QED) is 0.256. The number of non-ortho nitro benzene ring substituents is 1. The molecule has 2 aromatic rings. The average Bonchev–Trinajstić information content (AvgIpc) is 3.20. The molecule has 1 saturated heterocycles. The fraction of sp³-hybridized carbons (Fsp3) is 0.500. The smallest absolute Gasteiger partial charge is 0.409 e. The zero-order valence-electron chi connectivity index (χ0n) is 20.4. The molecule has 15 heteroatoms. The first-order valence-corrected chi connectivity index (χ1v) is 13.5. The molecule has 3 amide bonds. The van der Waals surface area contributed by atoms with E-state index in [0.717, 1.165) is 23.1 Å². The number of hydrogen-bond acceptors (Lipinski definition) is 10. The summed E-state index contributed by atoms with van der Waals surface area (Å²) in [4.78, 5) is 67.1. The van der Waals surface area contributed by atoms with Crippen molar-refractivity contribution in [1.29, 1.82) is 0 Å². The van der Waals surface area contributed by atoms with Gasteiger partial charge in [0.25, 0.3) is 11.6 Å². The number of amides is 3. The Bertz CT molecular complexity index is 1250. The molecule has 0 bridgehead atoms. The number of piperazine rings is 1. The predicted octanol–water partition coefficient (Wildman–Crippen LogP) is 1.64. The lowest BCUT2D eigenvalue weighted by atomic mass is 10.3. The second kappa shape index (κ2) is 13.2. The molecule has 37 heavy (non-hydrogen) atoms. The number of hydrogen-bond donors (Lipinski definition) is 0. The van der Waals surface area contributed by atoms with Gasteiger partial charge in [0.05, 0.1) is 39.9 Å². The summed E-state index contributed by atoms with van der Waals surface area (Å²) in [5.41, 5.74) is 0.395. The number of esters is 1. The lowest BCUT2D eigenvalue weighted by Crippen LogP contribution is -2.51. The molecule has 200 valence electrons. The van der Waals surface area contributed by atoms with E-state index >= 15 is 0 Å². The van der Waals surface area contributed by atoms with Crippen LogP contribution in [-0.2, 0) is 30.4 Å². The molecule has 0 N–H and O–H groups in total. The molecule has 1 fully saturated rings. The van der Waals surface area contributed by atoms with E-state index in [1.807, 2.05) is 0 Å². The fourth-order valence-electron chi connectivity index (χ4n) is 3.56. The highest BCUT2D eigenvalue weighted by atomic mass is 32.2. The Hall–Kier alpha value is -3.46. The van der Waals surface area contributed by atoms with Gasteiger partial charge in [0, 0.05) is 38.3 Å². The summed E-state index contributed by atoms with van der Waals surface area (Å²) in [6.45, 7) is 5.21. The van der Waals surface area contributed by atoms with E-state index in [1.165, 1.54) is 22.8 Å². The number of nitro benzene ring substituents is 1. The number of benzene rings is 1. The van der Waals surface area contributed by atoms with Gasteiger partial charge in [-0.15, -0.1) is 11.8 Å². The van der Waals surface area contributed by atoms with Crippen molar-refractivity contribution in [2.75, 3.05) is 50.9 Å². The number of nitrogens with zero attached hydrogens (tertiary/aromatic N) is 5. The first kappa shape index (κ1) is 28.1. The standard InChI is InChI=1S/C22H27N5O8S2/c1-3-34-20(30)12-26-16-6-5-15(27(32)33)11-17(16)37-21(26)23-18(28)13-36-14-19(29)24-7-9-25(10-8-24)22(31)35-4-2/h5-6,11H,3-4,7-10,12-14H2,1-2H3. The molecule has 1 aliphatic heterocycles. The van der Waals surface area contributed by atoms with Crippen LogP contribution in [0.15, 0.2) is 23.2 Å². The molecular formula is C22H27N5O8S2. The highest BCUT2D eigenvalue weighted by Crippen LogP contribution is 2.23. The average molecular weight is 554 g/mol. The lowest BCUT2D eigenvalue weighted by molar-refractivity contribution is -0.384. The third kappa shape index (κ3) is 7.52. The van der Waals surface area contributed by atoms with E-state index in [4.69, 9.17) is 9.47 Å². The third-order valence-corrected chi connectivity index (χ3v) is 7.24. The molecule has 0 radical (unpaired) electrons. The molecule has 0 atom stereocenters. The normalized spacial score (nSPS) is 14.1. The van der Waals surface area contributed by atoms with Gasteiger partial charge in [-0.1, -0.05) is 11.3 Å². The molecule has 2 heterocycles. The van der Waals surface area contributed by atoms with Gasteiger partial charge in [0.2, 0.25) is 5.91 Å². The van der Waals surface area contributed by atoms with Crippen molar-refractivity contribution in [3.63, 3.8) is 0 Å². The van der Waals surface area contributed by atoms with Crippen molar-refractivity contribution in [2.24, 2.45) is 4.99 Å². The Morgan fingerprint density at radius 3 is 2.38 bits per heavy atom. The summed E-state index contributed by atoms with van der Waals surface area (Å²) in [5.74, 6) is -1.18. The van der Waals surface area contributed by atoms with Crippen LogP contribution in [-0.4, -0.2) is 94.1 Å². The molecule has 3 rings (SSSR count). The van der Waals surface area contributed by atoms with Gasteiger partial charge < -0.3 is 23.8 Å². The second-order valence-corrected chi connectivity index (χ2v) is 9.74. The number of carbonyl (C=O) groups excluding carboxylic acids is 4. The number of ether oxygens (including phenoxy) is 2. The zero-order valence-corrected chi connectivity index (χ0v) is 22.0. The minimum atomic E-state index is -0.530. The van der Waals surface area contributed by atoms with E-state index < -0.39 is 22.9 Å². The lowest BCUT2D eigenvalue weighted by Gasteiger charge is -2.34. The number of thiazole rings is 1. The predicted molar refractivity (Wildman–Crippen MR) is 136 cm³/mol. The number of fused-ring (bicyclic) bond motifs is 1. The van der Waals surface area contributed by atoms with Crippen LogP contribution >= 0.6 is 23.1 Å². The van der Waals surface area contributed by atoms with Crippen LogP contribution in [0.4, 0.5) is 10.5 Å². The molecular weight excluding hydrogens is 526 g/mol. The van der Waals surface area contributed by atoms with E-state index in [0.29, 0.717) is 36.4 Å².